The lowest BCUT2D eigenvalue weighted by molar-refractivity contribution is -0.149. The van der Waals surface area contributed by atoms with E-state index in [0.717, 1.165) is 26.1 Å². The van der Waals surface area contributed by atoms with Crippen LogP contribution in [0.25, 0.3) is 0 Å². The molecule has 1 saturated heterocycles. The molecule has 0 aliphatic carbocycles. The van der Waals surface area contributed by atoms with E-state index >= 15 is 0 Å². The largest absolute Gasteiger partial charge is 0.481 e. The summed E-state index contributed by atoms with van der Waals surface area (Å²) in [6, 6.07) is 14.3. The highest BCUT2D eigenvalue weighted by molar-refractivity contribution is 7.81. The molecule has 0 saturated carbocycles. The molecule has 2 N–H and O–H groups in total. The van der Waals surface area contributed by atoms with Gasteiger partial charge in [0.2, 0.25) is 5.91 Å². The zero-order valence-electron chi connectivity index (χ0n) is 23.8. The molecule has 0 spiro atoms. The summed E-state index contributed by atoms with van der Waals surface area (Å²) in [6.07, 6.45) is 0.0686. The highest BCUT2D eigenvalue weighted by Crippen LogP contribution is 2.24. The molecule has 2 unspecified atom stereocenters. The lowest BCUT2D eigenvalue weighted by Gasteiger charge is -2.35. The van der Waals surface area contributed by atoms with Crippen LogP contribution in [0.5, 0.6) is 0 Å². The number of carbonyl (C=O) groups is 4. The van der Waals surface area contributed by atoms with Gasteiger partial charge in [-0.2, -0.15) is 12.6 Å². The van der Waals surface area contributed by atoms with Crippen LogP contribution in [0.15, 0.2) is 48.5 Å². The van der Waals surface area contributed by atoms with Gasteiger partial charge in [0, 0.05) is 55.5 Å². The second-order valence-corrected chi connectivity index (χ2v) is 11.4. The van der Waals surface area contributed by atoms with Crippen molar-refractivity contribution in [3.8, 4) is 0 Å². The normalized spacial score (nSPS) is 15.3. The number of piperazine rings is 1. The number of carboxylic acids is 2. The Hall–Kier alpha value is -3.12. The van der Waals surface area contributed by atoms with Crippen molar-refractivity contribution in [2.24, 2.45) is 5.92 Å². The van der Waals surface area contributed by atoms with Gasteiger partial charge in [-0.15, -0.1) is 0 Å². The van der Waals surface area contributed by atoms with Crippen LogP contribution in [0, 0.1) is 5.92 Å². The number of ether oxygens (including phenoxy) is 1. The molecule has 2 atom stereocenters. The minimum Gasteiger partial charge on any atom is -0.481 e. The summed E-state index contributed by atoms with van der Waals surface area (Å²) in [4.78, 5) is 54.9. The van der Waals surface area contributed by atoms with E-state index in [9.17, 15) is 24.3 Å². The van der Waals surface area contributed by atoms with Gasteiger partial charge in [0.15, 0.2) is 0 Å². The molecule has 12 heteroatoms. The standard InChI is InChI=1S/C30H38ClN3O7S/c1-20(2)41-18-17-34(29(38)27(42)25(30(39)40)19-26(35)36)24-9-5-22(6-10-24)28(37)33-15-13-32(14-16-33)12-11-21-3-7-23(31)8-4-21/h3-10,20,25,27,42H,11-19H2,1-2H3,(H,35,36)(H,39,40). The van der Waals surface area contributed by atoms with Crippen molar-refractivity contribution in [2.45, 2.75) is 38.0 Å². The molecular formula is C30H38ClN3O7S. The maximum Gasteiger partial charge on any atom is 0.308 e. The molecule has 228 valence electrons. The van der Waals surface area contributed by atoms with Crippen LogP contribution in [-0.4, -0.2) is 101 Å². The summed E-state index contributed by atoms with van der Waals surface area (Å²) in [7, 11) is 0. The summed E-state index contributed by atoms with van der Waals surface area (Å²) >= 11 is 10.2. The second kappa shape index (κ2) is 15.9. The molecule has 10 nitrogen and oxygen atoms in total. The van der Waals surface area contributed by atoms with E-state index in [-0.39, 0.29) is 25.2 Å². The predicted octanol–water partition coefficient (Wildman–Crippen LogP) is 3.57. The maximum absolute atomic E-state index is 13.4. The first-order valence-electron chi connectivity index (χ1n) is 13.9. The zero-order chi connectivity index (χ0) is 30.8. The number of carbonyl (C=O) groups excluding carboxylic acids is 2. The van der Waals surface area contributed by atoms with Crippen molar-refractivity contribution in [1.29, 1.82) is 0 Å². The van der Waals surface area contributed by atoms with E-state index in [2.05, 4.69) is 17.5 Å². The monoisotopic (exact) mass is 619 g/mol. The number of nitrogens with zero attached hydrogens (tertiary/aromatic N) is 3. The lowest BCUT2D eigenvalue weighted by atomic mass is 9.99. The average Bonchev–Trinajstić information content (AvgIpc) is 2.97. The van der Waals surface area contributed by atoms with E-state index in [1.807, 2.05) is 38.1 Å². The van der Waals surface area contributed by atoms with Gasteiger partial charge in [-0.1, -0.05) is 23.7 Å². The number of hydrogen-bond acceptors (Lipinski definition) is 7. The number of amides is 2. The van der Waals surface area contributed by atoms with Crippen molar-refractivity contribution in [2.75, 3.05) is 50.8 Å². The molecule has 0 bridgehead atoms. The first-order chi connectivity index (χ1) is 20.0. The summed E-state index contributed by atoms with van der Waals surface area (Å²) in [5, 5.41) is 18.0. The molecule has 3 rings (SSSR count). The van der Waals surface area contributed by atoms with Gasteiger partial charge in [-0.3, -0.25) is 24.1 Å². The van der Waals surface area contributed by atoms with E-state index < -0.39 is 35.4 Å². The van der Waals surface area contributed by atoms with Gasteiger partial charge in [-0.05, 0) is 62.2 Å². The fraction of sp³-hybridized carbons (Fsp3) is 0.467. The van der Waals surface area contributed by atoms with E-state index in [4.69, 9.17) is 21.4 Å². The van der Waals surface area contributed by atoms with Gasteiger partial charge in [0.1, 0.15) is 0 Å². The van der Waals surface area contributed by atoms with Gasteiger partial charge < -0.3 is 24.7 Å². The Kier molecular flexibility index (Phi) is 12.7. The Morgan fingerprint density at radius 3 is 2.14 bits per heavy atom. The topological polar surface area (TPSA) is 128 Å². The Bertz CT molecular complexity index is 1220. The van der Waals surface area contributed by atoms with E-state index in [0.29, 0.717) is 29.4 Å². The van der Waals surface area contributed by atoms with Crippen molar-refractivity contribution in [3.63, 3.8) is 0 Å². The van der Waals surface area contributed by atoms with Crippen LogP contribution in [0.3, 0.4) is 0 Å². The van der Waals surface area contributed by atoms with Crippen LogP contribution in [0.1, 0.15) is 36.2 Å². The lowest BCUT2D eigenvalue weighted by Crippen LogP contribution is -2.49. The van der Waals surface area contributed by atoms with Gasteiger partial charge in [-0.25, -0.2) is 0 Å². The number of rotatable bonds is 14. The minimum atomic E-state index is -1.52. The highest BCUT2D eigenvalue weighted by Gasteiger charge is 2.36. The number of aliphatic carboxylic acids is 2. The number of anilines is 1. The third-order valence-electron chi connectivity index (χ3n) is 7.09. The predicted molar refractivity (Wildman–Crippen MR) is 164 cm³/mol. The molecule has 2 aromatic carbocycles. The van der Waals surface area contributed by atoms with Crippen molar-refractivity contribution in [3.05, 3.63) is 64.7 Å². The quantitative estimate of drug-likeness (QED) is 0.274. The Morgan fingerprint density at radius 2 is 1.60 bits per heavy atom. The molecule has 0 aromatic heterocycles. The molecule has 1 aliphatic heterocycles. The molecular weight excluding hydrogens is 582 g/mol. The van der Waals surface area contributed by atoms with E-state index in [1.165, 1.54) is 10.5 Å². The Labute approximate surface area is 256 Å². The zero-order valence-corrected chi connectivity index (χ0v) is 25.5. The number of carboxylic acid groups (broad SMARTS) is 2. The third-order valence-corrected chi connectivity index (χ3v) is 7.93. The highest BCUT2D eigenvalue weighted by atomic mass is 35.5. The molecule has 2 aromatic rings. The van der Waals surface area contributed by atoms with Crippen LogP contribution >= 0.6 is 24.2 Å². The van der Waals surface area contributed by atoms with Gasteiger partial charge in [0.05, 0.1) is 30.3 Å². The number of halogens is 1. The number of benzene rings is 2. The molecule has 0 radical (unpaired) electrons. The fourth-order valence-corrected chi connectivity index (χ4v) is 5.18. The van der Waals surface area contributed by atoms with Gasteiger partial charge >= 0.3 is 11.9 Å². The molecule has 42 heavy (non-hydrogen) atoms. The maximum atomic E-state index is 13.4. The average molecular weight is 620 g/mol. The first-order valence-corrected chi connectivity index (χ1v) is 14.8. The summed E-state index contributed by atoms with van der Waals surface area (Å²) in [5.41, 5.74) is 2.11. The SMILES string of the molecule is CC(C)OCCN(C(=O)C(S)C(CC(=O)O)C(=O)O)c1ccc(C(=O)N2CCN(CCc3ccc(Cl)cc3)CC2)cc1. The summed E-state index contributed by atoms with van der Waals surface area (Å²) < 4.78 is 5.59. The molecule has 1 heterocycles. The Morgan fingerprint density at radius 1 is 0.976 bits per heavy atom. The van der Waals surface area contributed by atoms with Crippen molar-refractivity contribution in [1.82, 2.24) is 9.80 Å². The Balaban J connectivity index is 1.64. The number of thiol groups is 1. The van der Waals surface area contributed by atoms with Crippen LogP contribution in [-0.2, 0) is 25.5 Å². The second-order valence-electron chi connectivity index (χ2n) is 10.5. The minimum absolute atomic E-state index is 0.0922. The molecule has 1 fully saturated rings. The fourth-order valence-electron chi connectivity index (χ4n) is 4.68. The molecule has 1 aliphatic rings. The van der Waals surface area contributed by atoms with E-state index in [1.54, 1.807) is 29.2 Å². The van der Waals surface area contributed by atoms with Crippen molar-refractivity contribution >= 4 is 53.7 Å². The van der Waals surface area contributed by atoms with Gasteiger partial charge in [0.25, 0.3) is 5.91 Å². The smallest absolute Gasteiger partial charge is 0.308 e. The third kappa shape index (κ3) is 9.72. The van der Waals surface area contributed by atoms with Crippen molar-refractivity contribution < 1.29 is 34.1 Å². The van der Waals surface area contributed by atoms with Crippen LogP contribution < -0.4 is 4.90 Å². The first kappa shape index (κ1) is 33.4. The number of hydrogen-bond donors (Lipinski definition) is 3. The summed E-state index contributed by atoms with van der Waals surface area (Å²) in [5.74, 6) is -5.05. The van der Waals surface area contributed by atoms with Crippen LogP contribution in [0.4, 0.5) is 5.69 Å². The van der Waals surface area contributed by atoms with Crippen LogP contribution in [0.2, 0.25) is 5.02 Å². The summed E-state index contributed by atoms with van der Waals surface area (Å²) in [6.45, 7) is 7.58. The molecule has 2 amide bonds.